The van der Waals surface area contributed by atoms with Gasteiger partial charge >= 0.3 is 0 Å². The Balaban J connectivity index is 1.77. The zero-order valence-electron chi connectivity index (χ0n) is 13.3. The summed E-state index contributed by atoms with van der Waals surface area (Å²) in [6, 6.07) is 10.8. The number of carbonyl (C=O) groups excluding carboxylic acids is 2. The van der Waals surface area contributed by atoms with E-state index in [1.807, 2.05) is 0 Å². The highest BCUT2D eigenvalue weighted by atomic mass is 19.1. The number of hydrazine groups is 1. The van der Waals surface area contributed by atoms with Gasteiger partial charge in [-0.1, -0.05) is 12.1 Å². The Morgan fingerprint density at radius 1 is 1.15 bits per heavy atom. The summed E-state index contributed by atoms with van der Waals surface area (Å²) in [7, 11) is 0. The minimum Gasteiger partial charge on any atom is -0.484 e. The van der Waals surface area contributed by atoms with E-state index in [0.717, 1.165) is 6.08 Å². The van der Waals surface area contributed by atoms with Gasteiger partial charge in [-0.15, -0.1) is 0 Å². The molecule has 0 bridgehead atoms. The maximum absolute atomic E-state index is 12.7. The second-order valence-corrected chi connectivity index (χ2v) is 4.97. The Labute approximate surface area is 147 Å². The van der Waals surface area contributed by atoms with Gasteiger partial charge in [0.25, 0.3) is 17.5 Å². The van der Waals surface area contributed by atoms with Crippen molar-refractivity contribution in [3.05, 3.63) is 76.1 Å². The highest BCUT2D eigenvalue weighted by Crippen LogP contribution is 2.14. The standard InChI is InChI=1S/C17H14FN3O5/c18-13-5-7-15(8-6-13)26-11-17(23)20-19-16(22)9-4-12-2-1-3-14(10-12)21(24)25/h1-10H,11H2,(H,19,22)(H,20,23)/b9-4+. The van der Waals surface area contributed by atoms with Gasteiger partial charge < -0.3 is 4.74 Å². The average molecular weight is 359 g/mol. The van der Waals surface area contributed by atoms with Crippen LogP contribution in [0.1, 0.15) is 5.56 Å². The quantitative estimate of drug-likeness (QED) is 0.465. The van der Waals surface area contributed by atoms with E-state index in [4.69, 9.17) is 4.74 Å². The normalized spacial score (nSPS) is 10.3. The fourth-order valence-corrected chi connectivity index (χ4v) is 1.80. The van der Waals surface area contributed by atoms with E-state index in [9.17, 15) is 24.1 Å². The van der Waals surface area contributed by atoms with E-state index in [1.54, 1.807) is 6.07 Å². The van der Waals surface area contributed by atoms with Crippen molar-refractivity contribution in [2.75, 3.05) is 6.61 Å². The first-order chi connectivity index (χ1) is 12.4. The first-order valence-corrected chi connectivity index (χ1v) is 7.34. The molecule has 2 rings (SSSR count). The first-order valence-electron chi connectivity index (χ1n) is 7.34. The summed E-state index contributed by atoms with van der Waals surface area (Å²) in [5.41, 5.74) is 4.63. The van der Waals surface area contributed by atoms with E-state index >= 15 is 0 Å². The topological polar surface area (TPSA) is 111 Å². The van der Waals surface area contributed by atoms with Crippen LogP contribution in [-0.2, 0) is 9.59 Å². The number of nitrogens with zero attached hydrogens (tertiary/aromatic N) is 1. The molecule has 0 saturated carbocycles. The van der Waals surface area contributed by atoms with Crippen LogP contribution in [0, 0.1) is 15.9 Å². The van der Waals surface area contributed by atoms with Gasteiger partial charge in [-0.25, -0.2) is 4.39 Å². The van der Waals surface area contributed by atoms with Gasteiger partial charge in [0.2, 0.25) is 0 Å². The van der Waals surface area contributed by atoms with Crippen molar-refractivity contribution < 1.29 is 23.6 Å². The Morgan fingerprint density at radius 3 is 2.58 bits per heavy atom. The number of rotatable bonds is 6. The lowest BCUT2D eigenvalue weighted by Crippen LogP contribution is -2.43. The predicted molar refractivity (Wildman–Crippen MR) is 90.3 cm³/mol. The largest absolute Gasteiger partial charge is 0.484 e. The van der Waals surface area contributed by atoms with Crippen LogP contribution in [-0.4, -0.2) is 23.3 Å². The molecule has 2 aromatic carbocycles. The van der Waals surface area contributed by atoms with Crippen LogP contribution in [0.3, 0.4) is 0 Å². The van der Waals surface area contributed by atoms with Crippen LogP contribution in [0.25, 0.3) is 6.08 Å². The van der Waals surface area contributed by atoms with Gasteiger partial charge in [-0.3, -0.25) is 30.6 Å². The number of halogens is 1. The van der Waals surface area contributed by atoms with Crippen molar-refractivity contribution in [1.82, 2.24) is 10.9 Å². The molecule has 26 heavy (non-hydrogen) atoms. The van der Waals surface area contributed by atoms with Crippen LogP contribution in [0.5, 0.6) is 5.75 Å². The molecule has 0 saturated heterocycles. The summed E-state index contributed by atoms with van der Waals surface area (Å²) >= 11 is 0. The molecule has 9 heteroatoms. The van der Waals surface area contributed by atoms with E-state index in [1.165, 1.54) is 48.5 Å². The Hall–Kier alpha value is -3.75. The lowest BCUT2D eigenvalue weighted by molar-refractivity contribution is -0.384. The van der Waals surface area contributed by atoms with Crippen LogP contribution in [0.15, 0.2) is 54.6 Å². The molecule has 134 valence electrons. The second kappa shape index (κ2) is 8.92. The molecule has 0 radical (unpaired) electrons. The van der Waals surface area contributed by atoms with Crippen LogP contribution in [0.2, 0.25) is 0 Å². The van der Waals surface area contributed by atoms with Gasteiger partial charge in [-0.2, -0.15) is 0 Å². The Morgan fingerprint density at radius 2 is 1.88 bits per heavy atom. The van der Waals surface area contributed by atoms with Gasteiger partial charge in [-0.05, 0) is 35.9 Å². The number of ether oxygens (including phenoxy) is 1. The molecule has 0 spiro atoms. The molecule has 0 heterocycles. The molecular weight excluding hydrogens is 345 g/mol. The number of benzene rings is 2. The molecule has 2 N–H and O–H groups in total. The first kappa shape index (κ1) is 18.6. The average Bonchev–Trinajstić information content (AvgIpc) is 2.64. The van der Waals surface area contributed by atoms with Gasteiger partial charge in [0.05, 0.1) is 4.92 Å². The fourth-order valence-electron chi connectivity index (χ4n) is 1.80. The van der Waals surface area contributed by atoms with Crippen LogP contribution < -0.4 is 15.6 Å². The van der Waals surface area contributed by atoms with E-state index in [2.05, 4.69) is 10.9 Å². The molecule has 0 unspecified atom stereocenters. The maximum atomic E-state index is 12.7. The lowest BCUT2D eigenvalue weighted by atomic mass is 10.2. The summed E-state index contributed by atoms with van der Waals surface area (Å²) in [5, 5.41) is 10.7. The molecule has 0 aliphatic heterocycles. The number of hydrogen-bond acceptors (Lipinski definition) is 5. The lowest BCUT2D eigenvalue weighted by Gasteiger charge is -2.07. The fraction of sp³-hybridized carbons (Fsp3) is 0.0588. The monoisotopic (exact) mass is 359 g/mol. The van der Waals surface area contributed by atoms with Crippen molar-refractivity contribution in [2.24, 2.45) is 0 Å². The van der Waals surface area contributed by atoms with Crippen molar-refractivity contribution >= 4 is 23.6 Å². The van der Waals surface area contributed by atoms with Crippen molar-refractivity contribution in [3.63, 3.8) is 0 Å². The molecule has 8 nitrogen and oxygen atoms in total. The minimum atomic E-state index is -0.633. The molecule has 2 aromatic rings. The molecule has 0 aliphatic carbocycles. The molecule has 0 atom stereocenters. The Kier molecular flexibility index (Phi) is 6.38. The number of nitrogens with one attached hydrogen (secondary N) is 2. The van der Waals surface area contributed by atoms with Crippen molar-refractivity contribution in [3.8, 4) is 5.75 Å². The van der Waals surface area contributed by atoms with E-state index < -0.39 is 22.6 Å². The molecule has 2 amide bonds. The number of carbonyl (C=O) groups is 2. The van der Waals surface area contributed by atoms with Crippen LogP contribution >= 0.6 is 0 Å². The van der Waals surface area contributed by atoms with Crippen molar-refractivity contribution in [2.45, 2.75) is 0 Å². The van der Waals surface area contributed by atoms with E-state index in [-0.39, 0.29) is 12.3 Å². The van der Waals surface area contributed by atoms with Gasteiger partial charge in [0.1, 0.15) is 11.6 Å². The minimum absolute atomic E-state index is 0.0983. The van der Waals surface area contributed by atoms with Gasteiger partial charge in [0.15, 0.2) is 6.61 Å². The third-order valence-electron chi connectivity index (χ3n) is 3.02. The zero-order chi connectivity index (χ0) is 18.9. The number of amides is 2. The summed E-state index contributed by atoms with van der Waals surface area (Å²) in [5.74, 6) is -1.37. The highest BCUT2D eigenvalue weighted by molar-refractivity contribution is 5.93. The Bertz CT molecular complexity index is 837. The van der Waals surface area contributed by atoms with E-state index in [0.29, 0.717) is 11.3 Å². The summed E-state index contributed by atoms with van der Waals surface area (Å²) in [4.78, 5) is 33.3. The summed E-state index contributed by atoms with van der Waals surface area (Å²) in [6.07, 6.45) is 2.48. The SMILES string of the molecule is O=C(/C=C/c1cccc([N+](=O)[O-])c1)NNC(=O)COc1ccc(F)cc1. The number of nitro groups is 1. The van der Waals surface area contributed by atoms with Crippen molar-refractivity contribution in [1.29, 1.82) is 0 Å². The number of nitro benzene ring substituents is 1. The third-order valence-corrected chi connectivity index (χ3v) is 3.02. The second-order valence-electron chi connectivity index (χ2n) is 4.97. The molecule has 0 aliphatic rings. The molecule has 0 aromatic heterocycles. The molecule has 0 fully saturated rings. The molecular formula is C17H14FN3O5. The maximum Gasteiger partial charge on any atom is 0.276 e. The number of hydrogen-bond donors (Lipinski definition) is 2. The summed E-state index contributed by atoms with van der Waals surface area (Å²) in [6.45, 7) is -0.374. The highest BCUT2D eigenvalue weighted by Gasteiger charge is 2.06. The van der Waals surface area contributed by atoms with Crippen LogP contribution in [0.4, 0.5) is 10.1 Å². The number of non-ortho nitro benzene ring substituents is 1. The zero-order valence-corrected chi connectivity index (χ0v) is 13.3. The van der Waals surface area contributed by atoms with Gasteiger partial charge in [0, 0.05) is 18.2 Å². The summed E-state index contributed by atoms with van der Waals surface area (Å²) < 4.78 is 17.8. The third kappa shape index (κ3) is 6.04. The smallest absolute Gasteiger partial charge is 0.276 e. The predicted octanol–water partition coefficient (Wildman–Crippen LogP) is 1.97.